The highest BCUT2D eigenvalue weighted by molar-refractivity contribution is 7.91. The van der Waals surface area contributed by atoms with Gasteiger partial charge in [-0.05, 0) is 18.6 Å². The highest BCUT2D eigenvalue weighted by Crippen LogP contribution is 2.22. The zero-order valence-electron chi connectivity index (χ0n) is 9.92. The van der Waals surface area contributed by atoms with E-state index in [4.69, 9.17) is 5.73 Å². The van der Waals surface area contributed by atoms with Crippen LogP contribution in [0.25, 0.3) is 0 Å². The number of carbonyl (C=O) groups is 1. The van der Waals surface area contributed by atoms with Crippen molar-refractivity contribution in [1.82, 2.24) is 9.62 Å². The third-order valence-electron chi connectivity index (χ3n) is 2.83. The molecule has 1 aliphatic heterocycles. The lowest BCUT2D eigenvalue weighted by Crippen LogP contribution is -2.40. The van der Waals surface area contributed by atoms with Gasteiger partial charge in [0.05, 0.1) is 0 Å². The lowest BCUT2D eigenvalue weighted by atomic mass is 10.3. The number of nitrogens with zero attached hydrogens (tertiary/aromatic N) is 1. The molecule has 0 saturated carbocycles. The van der Waals surface area contributed by atoms with Crippen molar-refractivity contribution in [3.63, 3.8) is 0 Å². The Labute approximate surface area is 110 Å². The summed E-state index contributed by atoms with van der Waals surface area (Å²) in [6.45, 7) is 0.885. The van der Waals surface area contributed by atoms with E-state index in [-0.39, 0.29) is 10.1 Å². The smallest absolute Gasteiger partial charge is 0.250 e. The van der Waals surface area contributed by atoms with Crippen LogP contribution in [0.2, 0.25) is 0 Å². The number of rotatable bonds is 4. The molecule has 1 aliphatic rings. The first kappa shape index (κ1) is 13.5. The topological polar surface area (TPSA) is 92.5 Å². The average Bonchev–Trinajstić information content (AvgIpc) is 2.91. The quantitative estimate of drug-likeness (QED) is 0.797. The van der Waals surface area contributed by atoms with Crippen LogP contribution >= 0.6 is 11.3 Å². The lowest BCUT2D eigenvalue weighted by molar-refractivity contribution is -0.127. The summed E-state index contributed by atoms with van der Waals surface area (Å²) in [6, 6.07) is 2.54. The second-order valence-corrected chi connectivity index (χ2v) is 7.26. The fourth-order valence-electron chi connectivity index (χ4n) is 1.79. The van der Waals surface area contributed by atoms with Crippen LogP contribution in [0.4, 0.5) is 0 Å². The molecule has 18 heavy (non-hydrogen) atoms. The number of likely N-dealkylation sites (N-methyl/N-ethyl adjacent to an activating group) is 1. The second kappa shape index (κ2) is 4.96. The van der Waals surface area contributed by atoms with E-state index in [1.807, 2.05) is 0 Å². The van der Waals surface area contributed by atoms with Crippen molar-refractivity contribution in [3.8, 4) is 0 Å². The van der Waals surface area contributed by atoms with E-state index in [0.29, 0.717) is 19.5 Å². The number of hydrogen-bond donors (Lipinski definition) is 2. The van der Waals surface area contributed by atoms with E-state index in [9.17, 15) is 13.2 Å². The summed E-state index contributed by atoms with van der Waals surface area (Å²) in [6.07, 6.45) is 0.504. The maximum Gasteiger partial charge on any atom is 0.250 e. The third-order valence-corrected chi connectivity index (χ3v) is 5.90. The van der Waals surface area contributed by atoms with E-state index in [1.165, 1.54) is 11.0 Å². The maximum absolute atomic E-state index is 12.1. The molecule has 1 fully saturated rings. The zero-order valence-corrected chi connectivity index (χ0v) is 11.6. The van der Waals surface area contributed by atoms with Gasteiger partial charge in [-0.25, -0.2) is 8.42 Å². The van der Waals surface area contributed by atoms with Gasteiger partial charge in [-0.1, -0.05) is 0 Å². The number of nitrogens with two attached hydrogens (primary N) is 1. The predicted molar refractivity (Wildman–Crippen MR) is 68.6 cm³/mol. The zero-order chi connectivity index (χ0) is 13.3. The molecule has 1 saturated heterocycles. The Kier molecular flexibility index (Phi) is 3.71. The van der Waals surface area contributed by atoms with Crippen molar-refractivity contribution in [2.24, 2.45) is 5.73 Å². The fourth-order valence-corrected chi connectivity index (χ4v) is 4.26. The van der Waals surface area contributed by atoms with Gasteiger partial charge in [0.1, 0.15) is 10.3 Å². The molecule has 0 aliphatic carbocycles. The van der Waals surface area contributed by atoms with Gasteiger partial charge < -0.3 is 10.6 Å². The van der Waals surface area contributed by atoms with Crippen molar-refractivity contribution >= 4 is 27.3 Å². The lowest BCUT2D eigenvalue weighted by Gasteiger charge is -2.11. The molecular formula is C10H15N3O3S2. The van der Waals surface area contributed by atoms with Gasteiger partial charge in [0.15, 0.2) is 0 Å². The molecule has 6 nitrogen and oxygen atoms in total. The summed E-state index contributed by atoms with van der Waals surface area (Å²) in [5, 5.41) is 0. The standard InChI is InChI=1S/C10H15N3O3S2/c1-13-5-4-8(10(13)14)12-18(15,16)9-3-2-7(6-11)17-9/h2-3,8,12H,4-6,11H2,1H3. The Morgan fingerprint density at radius 2 is 2.28 bits per heavy atom. The summed E-state index contributed by atoms with van der Waals surface area (Å²) in [5.41, 5.74) is 5.44. The van der Waals surface area contributed by atoms with E-state index < -0.39 is 16.1 Å². The minimum Gasteiger partial charge on any atom is -0.344 e. The molecule has 8 heteroatoms. The summed E-state index contributed by atoms with van der Waals surface area (Å²) >= 11 is 1.12. The SMILES string of the molecule is CN1CCC(NS(=O)(=O)c2ccc(CN)s2)C1=O. The molecular weight excluding hydrogens is 274 g/mol. The van der Waals surface area contributed by atoms with Crippen molar-refractivity contribution < 1.29 is 13.2 Å². The molecule has 1 unspecified atom stereocenters. The van der Waals surface area contributed by atoms with E-state index in [1.54, 1.807) is 13.1 Å². The summed E-state index contributed by atoms with van der Waals surface area (Å²) in [7, 11) is -1.96. The van der Waals surface area contributed by atoms with Crippen molar-refractivity contribution in [2.75, 3.05) is 13.6 Å². The van der Waals surface area contributed by atoms with Crippen LogP contribution in [0.3, 0.4) is 0 Å². The molecule has 1 aromatic rings. The Bertz CT molecular complexity index is 552. The first-order chi connectivity index (χ1) is 8.44. The number of amides is 1. The van der Waals surface area contributed by atoms with Gasteiger partial charge >= 0.3 is 0 Å². The van der Waals surface area contributed by atoms with Crippen molar-refractivity contribution in [2.45, 2.75) is 23.2 Å². The van der Waals surface area contributed by atoms with E-state index in [0.717, 1.165) is 16.2 Å². The predicted octanol–water partition coefficient (Wildman–Crippen LogP) is -0.284. The van der Waals surface area contributed by atoms with Crippen LogP contribution in [0, 0.1) is 0 Å². The van der Waals surface area contributed by atoms with Crippen LogP contribution in [-0.4, -0.2) is 38.9 Å². The van der Waals surface area contributed by atoms with E-state index in [2.05, 4.69) is 4.72 Å². The van der Waals surface area contributed by atoms with Crippen LogP contribution in [0.15, 0.2) is 16.3 Å². The number of nitrogens with one attached hydrogen (secondary N) is 1. The number of thiophene rings is 1. The molecule has 3 N–H and O–H groups in total. The van der Waals surface area contributed by atoms with Gasteiger partial charge in [-0.2, -0.15) is 4.72 Å². The minimum absolute atomic E-state index is 0.186. The molecule has 1 atom stereocenters. The molecule has 1 aromatic heterocycles. The van der Waals surface area contributed by atoms with Crippen LogP contribution in [0.5, 0.6) is 0 Å². The number of carbonyl (C=O) groups excluding carboxylic acids is 1. The molecule has 0 bridgehead atoms. The minimum atomic E-state index is -3.62. The maximum atomic E-state index is 12.1. The fraction of sp³-hybridized carbons (Fsp3) is 0.500. The first-order valence-electron chi connectivity index (χ1n) is 5.50. The molecule has 0 aromatic carbocycles. The first-order valence-corrected chi connectivity index (χ1v) is 7.80. The summed E-state index contributed by atoms with van der Waals surface area (Å²) in [5.74, 6) is -0.186. The van der Waals surface area contributed by atoms with Gasteiger partial charge in [0, 0.05) is 25.0 Å². The molecule has 0 radical (unpaired) electrons. The normalized spacial score (nSPS) is 20.7. The third kappa shape index (κ3) is 2.56. The van der Waals surface area contributed by atoms with Gasteiger partial charge in [-0.15, -0.1) is 11.3 Å². The van der Waals surface area contributed by atoms with E-state index >= 15 is 0 Å². The Hall–Kier alpha value is -0.960. The molecule has 0 spiro atoms. The highest BCUT2D eigenvalue weighted by Gasteiger charge is 2.33. The Balaban J connectivity index is 2.15. The summed E-state index contributed by atoms with van der Waals surface area (Å²) < 4.78 is 26.8. The average molecular weight is 289 g/mol. The summed E-state index contributed by atoms with van der Waals surface area (Å²) in [4.78, 5) is 14.0. The monoisotopic (exact) mass is 289 g/mol. The van der Waals surface area contributed by atoms with Crippen LogP contribution < -0.4 is 10.5 Å². The Morgan fingerprint density at radius 1 is 1.56 bits per heavy atom. The molecule has 100 valence electrons. The van der Waals surface area contributed by atoms with Gasteiger partial charge in [-0.3, -0.25) is 4.79 Å². The number of hydrogen-bond acceptors (Lipinski definition) is 5. The molecule has 1 amide bonds. The molecule has 2 heterocycles. The Morgan fingerprint density at radius 3 is 2.78 bits per heavy atom. The molecule has 2 rings (SSSR count). The number of sulfonamides is 1. The van der Waals surface area contributed by atoms with Gasteiger partial charge in [0.2, 0.25) is 5.91 Å². The highest BCUT2D eigenvalue weighted by atomic mass is 32.2. The van der Waals surface area contributed by atoms with Gasteiger partial charge in [0.25, 0.3) is 10.0 Å². The van der Waals surface area contributed by atoms with Crippen LogP contribution in [-0.2, 0) is 21.4 Å². The van der Waals surface area contributed by atoms with Crippen molar-refractivity contribution in [3.05, 3.63) is 17.0 Å². The van der Waals surface area contributed by atoms with Crippen LogP contribution in [0.1, 0.15) is 11.3 Å². The largest absolute Gasteiger partial charge is 0.344 e. The van der Waals surface area contributed by atoms with Crippen molar-refractivity contribution in [1.29, 1.82) is 0 Å². The second-order valence-electron chi connectivity index (χ2n) is 4.15. The number of likely N-dealkylation sites (tertiary alicyclic amines) is 1.